The predicted octanol–water partition coefficient (Wildman–Crippen LogP) is 0.857. The van der Waals surface area contributed by atoms with Crippen molar-refractivity contribution < 1.29 is 23.1 Å². The number of piperazine rings is 1. The Hall–Kier alpha value is -1.93. The number of aryl methyl sites for hydroxylation is 2. The number of nitrogens with zero attached hydrogens (tertiary/aromatic N) is 2. The zero-order chi connectivity index (χ0) is 18.4. The van der Waals surface area contributed by atoms with Gasteiger partial charge in [0, 0.05) is 26.2 Å². The fourth-order valence-electron chi connectivity index (χ4n) is 3.25. The lowest BCUT2D eigenvalue weighted by Crippen LogP contribution is -2.51. The number of amides is 1. The molecule has 1 N–H and O–H groups in total. The first kappa shape index (κ1) is 17.9. The molecule has 1 aromatic rings. The molecule has 1 heterocycles. The molecule has 0 spiro atoms. The molecular formula is C17H22N2O5S. The molecule has 1 aliphatic carbocycles. The first-order valence-corrected chi connectivity index (χ1v) is 9.75. The van der Waals surface area contributed by atoms with Gasteiger partial charge in [-0.2, -0.15) is 4.31 Å². The minimum absolute atomic E-state index is 0.170. The number of rotatable bonds is 4. The van der Waals surface area contributed by atoms with Crippen molar-refractivity contribution in [1.29, 1.82) is 0 Å². The number of aliphatic carboxylic acids is 1. The summed E-state index contributed by atoms with van der Waals surface area (Å²) in [4.78, 5) is 25.1. The summed E-state index contributed by atoms with van der Waals surface area (Å²) in [6.45, 7) is 4.67. The van der Waals surface area contributed by atoms with Crippen molar-refractivity contribution in [2.75, 3.05) is 26.2 Å². The molecule has 0 radical (unpaired) electrons. The molecule has 2 aliphatic rings. The van der Waals surface area contributed by atoms with E-state index in [0.29, 0.717) is 30.0 Å². The van der Waals surface area contributed by atoms with E-state index < -0.39 is 27.8 Å². The number of benzene rings is 1. The first-order chi connectivity index (χ1) is 11.7. The maximum atomic E-state index is 12.9. The Kier molecular flexibility index (Phi) is 4.59. The summed E-state index contributed by atoms with van der Waals surface area (Å²) in [6, 6.07) is 5.34. The van der Waals surface area contributed by atoms with Gasteiger partial charge in [-0.1, -0.05) is 12.1 Å². The van der Waals surface area contributed by atoms with Gasteiger partial charge in [-0.3, -0.25) is 9.59 Å². The van der Waals surface area contributed by atoms with Gasteiger partial charge in [-0.25, -0.2) is 8.42 Å². The van der Waals surface area contributed by atoms with E-state index in [9.17, 15) is 18.0 Å². The molecule has 0 bridgehead atoms. The van der Waals surface area contributed by atoms with E-state index in [0.717, 1.165) is 5.56 Å². The summed E-state index contributed by atoms with van der Waals surface area (Å²) < 4.78 is 27.1. The van der Waals surface area contributed by atoms with Crippen LogP contribution < -0.4 is 0 Å². The second-order valence-corrected chi connectivity index (χ2v) is 8.69. The van der Waals surface area contributed by atoms with Crippen molar-refractivity contribution >= 4 is 21.9 Å². The Labute approximate surface area is 147 Å². The van der Waals surface area contributed by atoms with E-state index in [1.165, 1.54) is 4.31 Å². The molecule has 2 unspecified atom stereocenters. The van der Waals surface area contributed by atoms with Crippen molar-refractivity contribution in [3.63, 3.8) is 0 Å². The highest BCUT2D eigenvalue weighted by Gasteiger charge is 2.50. The third-order valence-corrected chi connectivity index (χ3v) is 6.98. The van der Waals surface area contributed by atoms with Crippen molar-refractivity contribution in [2.24, 2.45) is 11.8 Å². The van der Waals surface area contributed by atoms with Crippen LogP contribution in [-0.4, -0.2) is 60.8 Å². The second kappa shape index (κ2) is 6.42. The van der Waals surface area contributed by atoms with Gasteiger partial charge in [0.2, 0.25) is 15.9 Å². The SMILES string of the molecule is Cc1ccc(C)c(S(=O)(=O)N2CCN(C(=O)C3CC3C(=O)O)CC2)c1. The van der Waals surface area contributed by atoms with E-state index in [-0.39, 0.29) is 19.0 Å². The minimum atomic E-state index is -3.59. The van der Waals surface area contributed by atoms with Crippen LogP contribution in [0.5, 0.6) is 0 Å². The van der Waals surface area contributed by atoms with Crippen LogP contribution in [0.15, 0.2) is 23.1 Å². The van der Waals surface area contributed by atoms with Gasteiger partial charge >= 0.3 is 5.97 Å². The monoisotopic (exact) mass is 366 g/mol. The standard InChI is InChI=1S/C17H22N2O5S/c1-11-3-4-12(2)15(9-11)25(23,24)19-7-5-18(6-8-19)16(20)13-10-14(13)17(21)22/h3-4,9,13-14H,5-8,10H2,1-2H3,(H,21,22). The fourth-order valence-corrected chi connectivity index (χ4v) is 4.98. The van der Waals surface area contributed by atoms with Crippen LogP contribution in [0.25, 0.3) is 0 Å². The summed E-state index contributed by atoms with van der Waals surface area (Å²) in [7, 11) is -3.59. The molecule has 7 nitrogen and oxygen atoms in total. The molecule has 1 aliphatic heterocycles. The zero-order valence-electron chi connectivity index (χ0n) is 14.3. The highest BCUT2D eigenvalue weighted by Crippen LogP contribution is 2.40. The molecule has 1 aromatic carbocycles. The average molecular weight is 366 g/mol. The summed E-state index contributed by atoms with van der Waals surface area (Å²) in [5, 5.41) is 8.94. The first-order valence-electron chi connectivity index (χ1n) is 8.31. The molecule has 1 amide bonds. The van der Waals surface area contributed by atoms with Gasteiger partial charge in [-0.05, 0) is 37.5 Å². The number of hydrogen-bond acceptors (Lipinski definition) is 4. The fraction of sp³-hybridized carbons (Fsp3) is 0.529. The third-order valence-electron chi connectivity index (χ3n) is 4.94. The molecular weight excluding hydrogens is 344 g/mol. The highest BCUT2D eigenvalue weighted by molar-refractivity contribution is 7.89. The highest BCUT2D eigenvalue weighted by atomic mass is 32.2. The van der Waals surface area contributed by atoms with E-state index in [1.54, 1.807) is 24.0 Å². The molecule has 25 heavy (non-hydrogen) atoms. The van der Waals surface area contributed by atoms with E-state index in [1.807, 2.05) is 13.0 Å². The maximum Gasteiger partial charge on any atom is 0.307 e. The lowest BCUT2D eigenvalue weighted by Gasteiger charge is -2.34. The van der Waals surface area contributed by atoms with Crippen LogP contribution in [0.3, 0.4) is 0 Å². The lowest BCUT2D eigenvalue weighted by atomic mass is 10.2. The van der Waals surface area contributed by atoms with Gasteiger partial charge in [0.1, 0.15) is 0 Å². The van der Waals surface area contributed by atoms with E-state index in [2.05, 4.69) is 0 Å². The Morgan fingerprint density at radius 1 is 1.08 bits per heavy atom. The average Bonchev–Trinajstić information content (AvgIpc) is 3.37. The lowest BCUT2D eigenvalue weighted by molar-refractivity contribution is -0.142. The molecule has 1 saturated heterocycles. The number of carbonyl (C=O) groups excluding carboxylic acids is 1. The van der Waals surface area contributed by atoms with Crippen molar-refractivity contribution in [3.05, 3.63) is 29.3 Å². The summed E-state index contributed by atoms with van der Waals surface area (Å²) >= 11 is 0. The molecule has 2 atom stereocenters. The summed E-state index contributed by atoms with van der Waals surface area (Å²) in [5.41, 5.74) is 1.58. The van der Waals surface area contributed by atoms with Crippen molar-refractivity contribution in [3.8, 4) is 0 Å². The smallest absolute Gasteiger partial charge is 0.307 e. The Morgan fingerprint density at radius 3 is 2.28 bits per heavy atom. The molecule has 0 aromatic heterocycles. The van der Waals surface area contributed by atoms with Gasteiger partial charge in [-0.15, -0.1) is 0 Å². The Balaban J connectivity index is 1.67. The Bertz CT molecular complexity index is 812. The molecule has 1 saturated carbocycles. The maximum absolute atomic E-state index is 12.9. The minimum Gasteiger partial charge on any atom is -0.481 e. The van der Waals surface area contributed by atoms with Crippen molar-refractivity contribution in [2.45, 2.75) is 25.2 Å². The van der Waals surface area contributed by atoms with Crippen LogP contribution in [0.2, 0.25) is 0 Å². The molecule has 3 rings (SSSR count). The number of carboxylic acids is 1. The largest absolute Gasteiger partial charge is 0.481 e. The number of carboxylic acid groups (broad SMARTS) is 1. The summed E-state index contributed by atoms with van der Waals surface area (Å²) in [6.07, 6.45) is 0.384. The molecule has 136 valence electrons. The van der Waals surface area contributed by atoms with Crippen LogP contribution in [0.1, 0.15) is 17.5 Å². The predicted molar refractivity (Wildman–Crippen MR) is 90.5 cm³/mol. The van der Waals surface area contributed by atoms with E-state index >= 15 is 0 Å². The van der Waals surface area contributed by atoms with Crippen LogP contribution in [-0.2, 0) is 19.6 Å². The van der Waals surface area contributed by atoms with Crippen LogP contribution in [0.4, 0.5) is 0 Å². The quantitative estimate of drug-likeness (QED) is 0.853. The van der Waals surface area contributed by atoms with Crippen molar-refractivity contribution in [1.82, 2.24) is 9.21 Å². The second-order valence-electron chi connectivity index (χ2n) is 6.79. The van der Waals surface area contributed by atoms with Gasteiger partial charge in [0.15, 0.2) is 0 Å². The van der Waals surface area contributed by atoms with Crippen LogP contribution >= 0.6 is 0 Å². The number of carbonyl (C=O) groups is 2. The number of sulfonamides is 1. The number of hydrogen-bond donors (Lipinski definition) is 1. The molecule has 8 heteroatoms. The van der Waals surface area contributed by atoms with Crippen LogP contribution in [0, 0.1) is 25.7 Å². The van der Waals surface area contributed by atoms with Gasteiger partial charge in [0.25, 0.3) is 0 Å². The van der Waals surface area contributed by atoms with E-state index in [4.69, 9.17) is 5.11 Å². The normalized spacial score (nSPS) is 24.2. The zero-order valence-corrected chi connectivity index (χ0v) is 15.1. The topological polar surface area (TPSA) is 95.0 Å². The van der Waals surface area contributed by atoms with Gasteiger partial charge < -0.3 is 10.0 Å². The van der Waals surface area contributed by atoms with Gasteiger partial charge in [0.05, 0.1) is 16.7 Å². The molecule has 2 fully saturated rings. The Morgan fingerprint density at radius 2 is 1.72 bits per heavy atom. The third kappa shape index (κ3) is 3.41. The summed E-state index contributed by atoms with van der Waals surface area (Å²) in [5.74, 6) is -2.13.